The van der Waals surface area contributed by atoms with Crippen LogP contribution in [0.25, 0.3) is 0 Å². The number of carbonyl (C=O) groups excluding carboxylic acids is 1. The summed E-state index contributed by atoms with van der Waals surface area (Å²) in [4.78, 5) is 19.6. The summed E-state index contributed by atoms with van der Waals surface area (Å²) in [6.45, 7) is 3.89. The molecular weight excluding hydrogens is 236 g/mol. The van der Waals surface area contributed by atoms with Crippen LogP contribution in [0.4, 0.5) is 0 Å². The van der Waals surface area contributed by atoms with E-state index in [0.29, 0.717) is 6.42 Å². The summed E-state index contributed by atoms with van der Waals surface area (Å²) >= 11 is 1.54. The predicted molar refractivity (Wildman–Crippen MR) is 68.9 cm³/mol. The number of nitrogens with zero attached hydrogens (tertiary/aromatic N) is 2. The minimum absolute atomic E-state index is 0.284. The van der Waals surface area contributed by atoms with Crippen LogP contribution in [0.3, 0.4) is 0 Å². The molecule has 0 radical (unpaired) electrons. The van der Waals surface area contributed by atoms with Gasteiger partial charge in [-0.1, -0.05) is 11.8 Å². The molecule has 1 atom stereocenters. The first-order valence-corrected chi connectivity index (χ1v) is 6.43. The van der Waals surface area contributed by atoms with Crippen LogP contribution in [-0.4, -0.2) is 34.7 Å². The Balaban J connectivity index is 2.47. The van der Waals surface area contributed by atoms with Crippen LogP contribution < -0.4 is 11.1 Å². The molecule has 0 fully saturated rings. The Labute approximate surface area is 106 Å². The fourth-order valence-corrected chi connectivity index (χ4v) is 2.41. The molecule has 0 aliphatic heterocycles. The fraction of sp³-hybridized carbons (Fsp3) is 0.545. The first-order valence-electron chi connectivity index (χ1n) is 5.44. The van der Waals surface area contributed by atoms with E-state index >= 15 is 0 Å². The summed E-state index contributed by atoms with van der Waals surface area (Å²) in [5, 5.41) is 3.63. The van der Waals surface area contributed by atoms with E-state index in [1.165, 1.54) is 11.8 Å². The van der Waals surface area contributed by atoms with Crippen LogP contribution in [-0.2, 0) is 4.79 Å². The van der Waals surface area contributed by atoms with Gasteiger partial charge < -0.3 is 11.1 Å². The van der Waals surface area contributed by atoms with E-state index in [2.05, 4.69) is 15.3 Å². The second-order valence-corrected chi connectivity index (χ2v) is 4.88. The number of amides is 1. The third-order valence-electron chi connectivity index (χ3n) is 2.29. The molecule has 3 N–H and O–H groups in total. The maximum atomic E-state index is 11.0. The molecule has 17 heavy (non-hydrogen) atoms. The van der Waals surface area contributed by atoms with Gasteiger partial charge in [0.2, 0.25) is 5.91 Å². The molecule has 1 amide bonds. The highest BCUT2D eigenvalue weighted by atomic mass is 32.2. The molecule has 0 aliphatic rings. The molecule has 0 spiro atoms. The van der Waals surface area contributed by atoms with Gasteiger partial charge in [0.05, 0.1) is 6.04 Å². The van der Waals surface area contributed by atoms with Crippen LogP contribution in [0.1, 0.15) is 17.8 Å². The molecule has 6 heteroatoms. The van der Waals surface area contributed by atoms with Gasteiger partial charge in [-0.15, -0.1) is 0 Å². The molecule has 1 aromatic rings. The lowest BCUT2D eigenvalue weighted by molar-refractivity contribution is -0.119. The summed E-state index contributed by atoms with van der Waals surface area (Å²) in [6.07, 6.45) is 0.673. The number of primary amides is 1. The standard InChI is InChI=1S/C11H18N4OS/c1-7-6-8(2)15-11(14-7)17-5-4-9(13-3)10(12)16/h6,9,13H,4-5H2,1-3H3,(H2,12,16). The van der Waals surface area contributed by atoms with Gasteiger partial charge >= 0.3 is 0 Å². The molecular formula is C11H18N4OS. The number of hydrogen-bond donors (Lipinski definition) is 2. The Morgan fingerprint density at radius 2 is 2.06 bits per heavy atom. The Kier molecular flexibility index (Phi) is 5.37. The Morgan fingerprint density at radius 3 is 2.53 bits per heavy atom. The van der Waals surface area contributed by atoms with Gasteiger partial charge in [-0.3, -0.25) is 4.79 Å². The normalized spacial score (nSPS) is 12.4. The summed E-state index contributed by atoms with van der Waals surface area (Å²) in [6, 6.07) is 1.65. The number of nitrogens with two attached hydrogens (primary N) is 1. The monoisotopic (exact) mass is 254 g/mol. The highest BCUT2D eigenvalue weighted by Gasteiger charge is 2.12. The zero-order valence-corrected chi connectivity index (χ0v) is 11.2. The number of aryl methyl sites for hydroxylation is 2. The average molecular weight is 254 g/mol. The number of nitrogens with one attached hydrogen (secondary N) is 1. The topological polar surface area (TPSA) is 80.9 Å². The third kappa shape index (κ3) is 4.70. The quantitative estimate of drug-likeness (QED) is 0.575. The number of likely N-dealkylation sites (N-methyl/N-ethyl adjacent to an activating group) is 1. The van der Waals surface area contributed by atoms with Gasteiger partial charge in [0, 0.05) is 17.1 Å². The van der Waals surface area contributed by atoms with Crippen molar-refractivity contribution in [2.24, 2.45) is 5.73 Å². The van der Waals surface area contributed by atoms with E-state index in [0.717, 1.165) is 22.3 Å². The van der Waals surface area contributed by atoms with Crippen molar-refractivity contribution in [3.8, 4) is 0 Å². The van der Waals surface area contributed by atoms with Crippen molar-refractivity contribution in [2.75, 3.05) is 12.8 Å². The summed E-state index contributed by atoms with van der Waals surface area (Å²) < 4.78 is 0. The van der Waals surface area contributed by atoms with Crippen LogP contribution in [0.2, 0.25) is 0 Å². The number of aromatic nitrogens is 2. The maximum Gasteiger partial charge on any atom is 0.234 e. The lowest BCUT2D eigenvalue weighted by Gasteiger charge is -2.11. The highest BCUT2D eigenvalue weighted by molar-refractivity contribution is 7.99. The van der Waals surface area contributed by atoms with Gasteiger partial charge in [-0.25, -0.2) is 9.97 Å². The number of carbonyl (C=O) groups is 1. The predicted octanol–water partition coefficient (Wildman–Crippen LogP) is 0.649. The molecule has 5 nitrogen and oxygen atoms in total. The molecule has 0 aliphatic carbocycles. The lowest BCUT2D eigenvalue weighted by Crippen LogP contribution is -2.39. The number of hydrogen-bond acceptors (Lipinski definition) is 5. The van der Waals surface area contributed by atoms with Gasteiger partial charge in [0.25, 0.3) is 0 Å². The molecule has 1 aromatic heterocycles. The van der Waals surface area contributed by atoms with Crippen LogP contribution in [0.15, 0.2) is 11.2 Å². The Bertz CT molecular complexity index is 377. The SMILES string of the molecule is CNC(CCSc1nc(C)cc(C)n1)C(N)=O. The molecule has 0 aromatic carbocycles. The summed E-state index contributed by atoms with van der Waals surface area (Å²) in [7, 11) is 1.73. The van der Waals surface area contributed by atoms with Gasteiger partial charge in [-0.05, 0) is 33.4 Å². The first-order chi connectivity index (χ1) is 8.02. The lowest BCUT2D eigenvalue weighted by atomic mass is 10.2. The molecule has 1 unspecified atom stereocenters. The van der Waals surface area contributed by atoms with Gasteiger partial charge in [0.15, 0.2) is 5.16 Å². The summed E-state index contributed by atoms with van der Waals surface area (Å²) in [5.41, 5.74) is 7.15. The maximum absolute atomic E-state index is 11.0. The first kappa shape index (κ1) is 13.9. The van der Waals surface area contributed by atoms with E-state index < -0.39 is 0 Å². The van der Waals surface area contributed by atoms with Gasteiger partial charge in [0.1, 0.15) is 0 Å². The second-order valence-electron chi connectivity index (χ2n) is 3.81. The van der Waals surface area contributed by atoms with E-state index in [-0.39, 0.29) is 11.9 Å². The smallest absolute Gasteiger partial charge is 0.234 e. The van der Waals surface area contributed by atoms with Crippen molar-refractivity contribution in [2.45, 2.75) is 31.5 Å². The summed E-state index contributed by atoms with van der Waals surface area (Å²) in [5.74, 6) is 0.437. The van der Waals surface area contributed by atoms with Crippen LogP contribution >= 0.6 is 11.8 Å². The third-order valence-corrected chi connectivity index (χ3v) is 3.17. The van der Waals surface area contributed by atoms with Crippen molar-refractivity contribution in [1.82, 2.24) is 15.3 Å². The Hall–Kier alpha value is -1.14. The molecule has 94 valence electrons. The number of rotatable bonds is 6. The largest absolute Gasteiger partial charge is 0.368 e. The van der Waals surface area contributed by atoms with Crippen molar-refractivity contribution in [3.63, 3.8) is 0 Å². The van der Waals surface area contributed by atoms with Crippen molar-refractivity contribution in [1.29, 1.82) is 0 Å². The van der Waals surface area contributed by atoms with Crippen molar-refractivity contribution in [3.05, 3.63) is 17.5 Å². The van der Waals surface area contributed by atoms with Crippen molar-refractivity contribution < 1.29 is 4.79 Å². The van der Waals surface area contributed by atoms with E-state index in [9.17, 15) is 4.79 Å². The molecule has 1 rings (SSSR count). The van der Waals surface area contributed by atoms with Crippen LogP contribution in [0, 0.1) is 13.8 Å². The van der Waals surface area contributed by atoms with E-state index in [1.54, 1.807) is 7.05 Å². The number of thioether (sulfide) groups is 1. The zero-order chi connectivity index (χ0) is 12.8. The second kappa shape index (κ2) is 6.56. The Morgan fingerprint density at radius 1 is 1.47 bits per heavy atom. The van der Waals surface area contributed by atoms with Gasteiger partial charge in [-0.2, -0.15) is 0 Å². The van der Waals surface area contributed by atoms with Crippen LogP contribution in [0.5, 0.6) is 0 Å². The van der Waals surface area contributed by atoms with Crippen molar-refractivity contribution >= 4 is 17.7 Å². The minimum Gasteiger partial charge on any atom is -0.368 e. The van der Waals surface area contributed by atoms with E-state index in [1.807, 2.05) is 19.9 Å². The van der Waals surface area contributed by atoms with E-state index in [4.69, 9.17) is 5.73 Å². The zero-order valence-electron chi connectivity index (χ0n) is 10.4. The molecule has 0 saturated carbocycles. The molecule has 1 heterocycles. The molecule has 0 saturated heterocycles. The average Bonchev–Trinajstić information content (AvgIpc) is 2.22. The minimum atomic E-state index is -0.325. The highest BCUT2D eigenvalue weighted by Crippen LogP contribution is 2.15. The molecule has 0 bridgehead atoms. The fourth-order valence-electron chi connectivity index (χ4n) is 1.46.